The first-order valence-electron chi connectivity index (χ1n) is 12.0. The lowest BCUT2D eigenvalue weighted by molar-refractivity contribution is -0.118. The molecule has 2 amide bonds. The third kappa shape index (κ3) is 6.77. The second-order valence-electron chi connectivity index (χ2n) is 8.49. The number of primary amides is 1. The molecule has 4 N–H and O–H groups in total. The second-order valence-corrected chi connectivity index (χ2v) is 8.49. The highest BCUT2D eigenvalue weighted by atomic mass is 16.5. The highest BCUT2D eigenvalue weighted by Gasteiger charge is 2.17. The summed E-state index contributed by atoms with van der Waals surface area (Å²) in [7, 11) is 0. The van der Waals surface area contributed by atoms with Gasteiger partial charge in [0.05, 0.1) is 22.6 Å². The first kappa shape index (κ1) is 27.3. The van der Waals surface area contributed by atoms with Crippen molar-refractivity contribution >= 4 is 23.5 Å². The van der Waals surface area contributed by atoms with E-state index in [2.05, 4.69) is 25.5 Å². The molecule has 0 saturated carbocycles. The van der Waals surface area contributed by atoms with Crippen molar-refractivity contribution < 1.29 is 24.2 Å². The smallest absolute Gasteiger partial charge is 0.338 e. The number of nitrogens with zero attached hydrogens (tertiary/aromatic N) is 5. The Morgan fingerprint density at radius 3 is 2.50 bits per heavy atom. The van der Waals surface area contributed by atoms with Gasteiger partial charge in [0, 0.05) is 28.0 Å². The van der Waals surface area contributed by atoms with Gasteiger partial charge < -0.3 is 20.9 Å². The van der Waals surface area contributed by atoms with E-state index in [9.17, 15) is 19.5 Å². The Labute approximate surface area is 228 Å². The average molecular weight is 538 g/mol. The molecule has 200 valence electrons. The van der Waals surface area contributed by atoms with Gasteiger partial charge >= 0.3 is 5.97 Å². The molecule has 0 fully saturated rings. The molecule has 0 bridgehead atoms. The Morgan fingerprint density at radius 1 is 0.975 bits per heavy atom. The number of para-hydroxylation sites is 1. The molecule has 0 spiro atoms. The number of ether oxygens (including phenoxy) is 1. The zero-order chi connectivity index (χ0) is 28.5. The standard InChI is InChI=1S/C28H23N7O5/c29-25(37)13-10-19-15-24(22-6-1-2-7-23(22)32-27(38)17-8-11-21(36)12-9-17)33-34-26(19)18-4-3-5-20(14-18)28(39)40-16-31-35-30/h1-9,11-12,14-15,36H,10,13,16H2,(H2,29,37)(H,32,38). The lowest BCUT2D eigenvalue weighted by atomic mass is 9.98. The van der Waals surface area contributed by atoms with E-state index in [4.69, 9.17) is 16.0 Å². The van der Waals surface area contributed by atoms with Crippen LogP contribution in [0, 0.1) is 0 Å². The Balaban J connectivity index is 1.69. The van der Waals surface area contributed by atoms with Gasteiger partial charge in [-0.3, -0.25) is 9.59 Å². The van der Waals surface area contributed by atoms with Crippen molar-refractivity contribution in [1.82, 2.24) is 10.2 Å². The molecule has 1 heterocycles. The van der Waals surface area contributed by atoms with Crippen molar-refractivity contribution in [3.8, 4) is 28.3 Å². The number of hydrogen-bond donors (Lipinski definition) is 3. The maximum atomic E-state index is 12.8. The van der Waals surface area contributed by atoms with Gasteiger partial charge in [-0.25, -0.2) is 4.79 Å². The number of nitrogens with one attached hydrogen (secondary N) is 1. The van der Waals surface area contributed by atoms with Crippen molar-refractivity contribution in [1.29, 1.82) is 0 Å². The minimum Gasteiger partial charge on any atom is -0.508 e. The van der Waals surface area contributed by atoms with Gasteiger partial charge in [0.2, 0.25) is 5.91 Å². The Hall–Kier alpha value is -5.74. The Morgan fingerprint density at radius 2 is 1.75 bits per heavy atom. The maximum absolute atomic E-state index is 12.8. The largest absolute Gasteiger partial charge is 0.508 e. The second kappa shape index (κ2) is 12.7. The molecule has 4 aromatic rings. The molecule has 0 aliphatic rings. The average Bonchev–Trinajstić information content (AvgIpc) is 2.96. The molecule has 0 unspecified atom stereocenters. The predicted molar refractivity (Wildman–Crippen MR) is 146 cm³/mol. The molecule has 1 aromatic heterocycles. The number of anilines is 1. The number of azide groups is 1. The number of phenolic OH excluding ortho intramolecular Hbond substituents is 1. The third-order valence-electron chi connectivity index (χ3n) is 5.78. The van der Waals surface area contributed by atoms with E-state index >= 15 is 0 Å². The molecule has 12 nitrogen and oxygen atoms in total. The summed E-state index contributed by atoms with van der Waals surface area (Å²) in [5.41, 5.74) is 17.5. The van der Waals surface area contributed by atoms with Crippen molar-refractivity contribution in [2.45, 2.75) is 12.8 Å². The number of aryl methyl sites for hydroxylation is 1. The zero-order valence-corrected chi connectivity index (χ0v) is 21.0. The van der Waals surface area contributed by atoms with E-state index in [-0.39, 0.29) is 30.1 Å². The van der Waals surface area contributed by atoms with Crippen LogP contribution in [0.4, 0.5) is 5.69 Å². The van der Waals surface area contributed by atoms with Gasteiger partial charge in [-0.05, 0) is 66.0 Å². The number of amides is 2. The van der Waals surface area contributed by atoms with Crippen molar-refractivity contribution in [3.63, 3.8) is 0 Å². The minimum atomic E-state index is -0.684. The van der Waals surface area contributed by atoms with Gasteiger partial charge in [-0.15, -0.1) is 10.2 Å². The summed E-state index contributed by atoms with van der Waals surface area (Å²) in [6.07, 6.45) is 0.298. The van der Waals surface area contributed by atoms with E-state index < -0.39 is 18.6 Å². The molecule has 3 aromatic carbocycles. The zero-order valence-electron chi connectivity index (χ0n) is 21.0. The molecule has 0 radical (unpaired) electrons. The molecular weight excluding hydrogens is 514 g/mol. The minimum absolute atomic E-state index is 0.0469. The fourth-order valence-corrected chi connectivity index (χ4v) is 3.87. The summed E-state index contributed by atoms with van der Waals surface area (Å²) < 4.78 is 4.92. The molecule has 0 atom stereocenters. The van der Waals surface area contributed by atoms with Crippen LogP contribution in [0.1, 0.15) is 32.7 Å². The van der Waals surface area contributed by atoms with Crippen LogP contribution in [0.25, 0.3) is 33.0 Å². The maximum Gasteiger partial charge on any atom is 0.338 e. The summed E-state index contributed by atoms with van der Waals surface area (Å²) in [4.78, 5) is 39.3. The predicted octanol–water partition coefficient (Wildman–Crippen LogP) is 4.61. The fourth-order valence-electron chi connectivity index (χ4n) is 3.87. The molecule has 0 aliphatic carbocycles. The number of carbonyl (C=O) groups excluding carboxylic acids is 3. The number of carbonyl (C=O) groups is 3. The van der Waals surface area contributed by atoms with E-state index in [1.807, 2.05) is 0 Å². The monoisotopic (exact) mass is 537 g/mol. The highest BCUT2D eigenvalue weighted by Crippen LogP contribution is 2.31. The summed E-state index contributed by atoms with van der Waals surface area (Å²) in [6.45, 7) is -0.444. The van der Waals surface area contributed by atoms with Crippen LogP contribution >= 0.6 is 0 Å². The first-order valence-corrected chi connectivity index (χ1v) is 12.0. The third-order valence-corrected chi connectivity index (χ3v) is 5.78. The molecule has 0 saturated heterocycles. The number of nitrogens with two attached hydrogens (primary N) is 1. The lowest BCUT2D eigenvalue weighted by Crippen LogP contribution is -2.13. The summed E-state index contributed by atoms with van der Waals surface area (Å²) in [5, 5.41) is 24.3. The number of benzene rings is 3. The van der Waals surface area contributed by atoms with Crippen LogP contribution in [0.3, 0.4) is 0 Å². The molecule has 12 heteroatoms. The number of aromatic hydroxyl groups is 1. The summed E-state index contributed by atoms with van der Waals surface area (Å²) in [6, 6.07) is 21.1. The number of aromatic nitrogens is 2. The number of hydrogen-bond acceptors (Lipinski definition) is 8. The topological polar surface area (TPSA) is 193 Å². The SMILES string of the molecule is [N-]=[N+]=NCOC(=O)c1cccc(-c2nnc(-c3ccccc3NC(=O)c3ccc(O)cc3)cc2CCC(N)=O)c1. The van der Waals surface area contributed by atoms with Crippen LogP contribution in [0.15, 0.2) is 84.0 Å². The number of phenols is 1. The Kier molecular flexibility index (Phi) is 8.65. The van der Waals surface area contributed by atoms with Crippen LogP contribution in [-0.2, 0) is 16.0 Å². The van der Waals surface area contributed by atoms with E-state index in [0.29, 0.717) is 39.3 Å². The van der Waals surface area contributed by atoms with Crippen LogP contribution in [0.5, 0.6) is 5.75 Å². The quantitative estimate of drug-likeness (QED) is 0.114. The van der Waals surface area contributed by atoms with Gasteiger partial charge in [0.15, 0.2) is 6.73 Å². The van der Waals surface area contributed by atoms with Crippen LogP contribution in [0.2, 0.25) is 0 Å². The van der Waals surface area contributed by atoms with E-state index in [1.54, 1.807) is 54.6 Å². The fraction of sp³-hybridized carbons (Fsp3) is 0.107. The molecule has 40 heavy (non-hydrogen) atoms. The number of rotatable bonds is 10. The van der Waals surface area contributed by atoms with Gasteiger partial charge in [0.25, 0.3) is 5.91 Å². The lowest BCUT2D eigenvalue weighted by Gasteiger charge is -2.14. The summed E-state index contributed by atoms with van der Waals surface area (Å²) in [5.74, 6) is -1.52. The van der Waals surface area contributed by atoms with E-state index in [1.165, 1.54) is 24.3 Å². The highest BCUT2D eigenvalue weighted by molar-refractivity contribution is 6.06. The van der Waals surface area contributed by atoms with Crippen LogP contribution < -0.4 is 11.1 Å². The van der Waals surface area contributed by atoms with Crippen molar-refractivity contribution in [2.75, 3.05) is 12.0 Å². The number of esters is 1. The summed E-state index contributed by atoms with van der Waals surface area (Å²) >= 11 is 0. The van der Waals surface area contributed by atoms with Gasteiger partial charge in [-0.1, -0.05) is 35.4 Å². The van der Waals surface area contributed by atoms with Crippen molar-refractivity contribution in [2.24, 2.45) is 10.8 Å². The van der Waals surface area contributed by atoms with Crippen molar-refractivity contribution in [3.05, 3.63) is 106 Å². The molecule has 0 aliphatic heterocycles. The molecule has 4 rings (SSSR count). The van der Waals surface area contributed by atoms with E-state index in [0.717, 1.165) is 0 Å². The van der Waals surface area contributed by atoms with Crippen LogP contribution in [-0.4, -0.2) is 39.8 Å². The molecular formula is C28H23N7O5. The van der Waals surface area contributed by atoms with Gasteiger partial charge in [0.1, 0.15) is 5.75 Å². The Bertz CT molecular complexity index is 1620. The van der Waals surface area contributed by atoms with Gasteiger partial charge in [-0.2, -0.15) is 0 Å². The first-order chi connectivity index (χ1) is 19.4. The normalized spacial score (nSPS) is 10.3.